The van der Waals surface area contributed by atoms with Crippen molar-refractivity contribution in [3.63, 3.8) is 0 Å². The predicted molar refractivity (Wildman–Crippen MR) is 102 cm³/mol. The Kier molecular flexibility index (Phi) is 4.70. The summed E-state index contributed by atoms with van der Waals surface area (Å²) in [5.41, 5.74) is 0.0549. The summed E-state index contributed by atoms with van der Waals surface area (Å²) in [7, 11) is 0. The smallest absolute Gasteiger partial charge is 0.328 e. The van der Waals surface area contributed by atoms with E-state index in [9.17, 15) is 14.4 Å². The molecule has 2 aromatic rings. The number of nitrogens with zero attached hydrogens (tertiary/aromatic N) is 2. The topological polar surface area (TPSA) is 93.6 Å². The molecule has 3 heterocycles. The molecule has 8 nitrogen and oxygen atoms in total. The van der Waals surface area contributed by atoms with Crippen LogP contribution in [0.3, 0.4) is 0 Å². The average molecular weight is 385 g/mol. The Morgan fingerprint density at radius 3 is 2.86 bits per heavy atom. The Labute approximate surface area is 161 Å². The molecule has 0 radical (unpaired) electrons. The van der Waals surface area contributed by atoms with Gasteiger partial charge in [0.05, 0.1) is 0 Å². The van der Waals surface area contributed by atoms with E-state index in [1.54, 1.807) is 0 Å². The third-order valence-electron chi connectivity index (χ3n) is 5.40. The fourth-order valence-electron chi connectivity index (χ4n) is 4.03. The molecule has 1 fully saturated rings. The largest absolute Gasteiger partial charge is 0.454 e. The first-order valence-corrected chi connectivity index (χ1v) is 9.38. The number of H-pyrrole nitrogens is 1. The molecule has 4 rings (SSSR count). The predicted octanol–water partition coefficient (Wildman–Crippen LogP) is 1.14. The maximum absolute atomic E-state index is 12.7. The second-order valence-corrected chi connectivity index (χ2v) is 7.83. The van der Waals surface area contributed by atoms with Crippen molar-refractivity contribution in [1.29, 1.82) is 0 Å². The number of ether oxygens (including phenoxy) is 2. The molecule has 0 spiro atoms. The van der Waals surface area contributed by atoms with E-state index < -0.39 is 11.2 Å². The number of aromatic amines is 1. The molecule has 0 unspecified atom stereocenters. The van der Waals surface area contributed by atoms with E-state index in [1.807, 2.05) is 23.1 Å². The number of aromatic nitrogens is 2. The maximum Gasteiger partial charge on any atom is 0.328 e. The lowest BCUT2D eigenvalue weighted by molar-refractivity contribution is -0.135. The van der Waals surface area contributed by atoms with Crippen LogP contribution in [0, 0.1) is 5.41 Å². The van der Waals surface area contributed by atoms with E-state index in [1.165, 1.54) is 16.8 Å². The molecule has 148 valence electrons. The summed E-state index contributed by atoms with van der Waals surface area (Å²) < 4.78 is 12.1. The van der Waals surface area contributed by atoms with Gasteiger partial charge < -0.3 is 14.4 Å². The van der Waals surface area contributed by atoms with Gasteiger partial charge in [0.2, 0.25) is 12.7 Å². The summed E-state index contributed by atoms with van der Waals surface area (Å²) >= 11 is 0. The second kappa shape index (κ2) is 7.18. The fraction of sp³-hybridized carbons (Fsp3) is 0.450. The number of carbonyl (C=O) groups is 1. The van der Waals surface area contributed by atoms with Crippen LogP contribution in [-0.4, -0.2) is 40.2 Å². The second-order valence-electron chi connectivity index (χ2n) is 7.83. The van der Waals surface area contributed by atoms with Crippen LogP contribution in [0.2, 0.25) is 0 Å². The molecule has 0 bridgehead atoms. The molecular formula is C20H23N3O5. The Balaban J connectivity index is 1.44. The van der Waals surface area contributed by atoms with Gasteiger partial charge in [-0.15, -0.1) is 0 Å². The van der Waals surface area contributed by atoms with E-state index in [4.69, 9.17) is 9.47 Å². The summed E-state index contributed by atoms with van der Waals surface area (Å²) in [6.45, 7) is 3.66. The van der Waals surface area contributed by atoms with Crippen LogP contribution in [0.5, 0.6) is 11.5 Å². The molecule has 1 N–H and O–H groups in total. The van der Waals surface area contributed by atoms with Gasteiger partial charge in [0.1, 0.15) is 6.54 Å². The van der Waals surface area contributed by atoms with Crippen molar-refractivity contribution < 1.29 is 14.3 Å². The zero-order chi connectivity index (χ0) is 19.7. The van der Waals surface area contributed by atoms with Crippen molar-refractivity contribution >= 4 is 5.91 Å². The standard InChI is InChI=1S/C20H23N3O5/c1-20(10-14-3-4-15-16(9-14)28-13-27-15)6-2-7-23(12-20)18(25)11-22-8-5-17(24)21-19(22)26/h3-5,8-9H,2,6-7,10-13H2,1H3,(H,21,24,26)/t20-/m1/s1. The van der Waals surface area contributed by atoms with E-state index in [0.717, 1.165) is 36.3 Å². The van der Waals surface area contributed by atoms with Gasteiger partial charge >= 0.3 is 5.69 Å². The van der Waals surface area contributed by atoms with E-state index in [0.29, 0.717) is 13.1 Å². The molecule has 1 aromatic carbocycles. The van der Waals surface area contributed by atoms with Gasteiger partial charge in [0, 0.05) is 25.4 Å². The van der Waals surface area contributed by atoms with Crippen LogP contribution in [0.1, 0.15) is 25.3 Å². The molecule has 2 aliphatic rings. The monoisotopic (exact) mass is 385 g/mol. The Hall–Kier alpha value is -3.03. The zero-order valence-electron chi connectivity index (χ0n) is 15.8. The lowest BCUT2D eigenvalue weighted by Gasteiger charge is -2.41. The molecule has 2 aliphatic heterocycles. The van der Waals surface area contributed by atoms with Gasteiger partial charge in [-0.2, -0.15) is 0 Å². The minimum Gasteiger partial charge on any atom is -0.454 e. The average Bonchev–Trinajstić information content (AvgIpc) is 3.11. The van der Waals surface area contributed by atoms with Crippen LogP contribution in [0.4, 0.5) is 0 Å². The van der Waals surface area contributed by atoms with E-state index >= 15 is 0 Å². The highest BCUT2D eigenvalue weighted by molar-refractivity contribution is 5.76. The van der Waals surface area contributed by atoms with Crippen molar-refractivity contribution in [3.8, 4) is 11.5 Å². The first-order valence-electron chi connectivity index (χ1n) is 9.38. The number of fused-ring (bicyclic) bond motifs is 1. The van der Waals surface area contributed by atoms with Gasteiger partial charge in [-0.05, 0) is 42.4 Å². The molecule has 8 heteroatoms. The first-order chi connectivity index (χ1) is 13.4. The third kappa shape index (κ3) is 3.81. The van der Waals surface area contributed by atoms with Crippen molar-refractivity contribution in [1.82, 2.24) is 14.5 Å². The maximum atomic E-state index is 12.7. The molecule has 1 amide bonds. The summed E-state index contributed by atoms with van der Waals surface area (Å²) in [6, 6.07) is 7.22. The Morgan fingerprint density at radius 1 is 1.21 bits per heavy atom. The highest BCUT2D eigenvalue weighted by atomic mass is 16.7. The highest BCUT2D eigenvalue weighted by Crippen LogP contribution is 2.37. The van der Waals surface area contributed by atoms with Crippen molar-refractivity contribution in [3.05, 3.63) is 56.9 Å². The quantitative estimate of drug-likeness (QED) is 0.852. The van der Waals surface area contributed by atoms with Crippen LogP contribution in [0.25, 0.3) is 0 Å². The first kappa shape index (κ1) is 18.3. The van der Waals surface area contributed by atoms with Crippen molar-refractivity contribution in [2.24, 2.45) is 5.41 Å². The number of carbonyl (C=O) groups excluding carboxylic acids is 1. The number of benzene rings is 1. The van der Waals surface area contributed by atoms with Gasteiger partial charge in [0.15, 0.2) is 11.5 Å². The fourth-order valence-corrected chi connectivity index (χ4v) is 4.03. The van der Waals surface area contributed by atoms with E-state index in [2.05, 4.69) is 11.9 Å². The normalized spacial score (nSPS) is 21.0. The molecule has 28 heavy (non-hydrogen) atoms. The SMILES string of the molecule is C[C@]1(Cc2ccc3c(c2)OCO3)CCCN(C(=O)Cn2ccc(=O)[nH]c2=O)C1. The molecule has 1 aromatic heterocycles. The summed E-state index contributed by atoms with van der Waals surface area (Å²) in [5, 5.41) is 0. The van der Waals surface area contributed by atoms with Crippen LogP contribution in [-0.2, 0) is 17.8 Å². The van der Waals surface area contributed by atoms with Crippen molar-refractivity contribution in [2.75, 3.05) is 19.9 Å². The highest BCUT2D eigenvalue weighted by Gasteiger charge is 2.33. The van der Waals surface area contributed by atoms with Crippen LogP contribution < -0.4 is 20.7 Å². The number of likely N-dealkylation sites (tertiary alicyclic amines) is 1. The Morgan fingerprint density at radius 2 is 2.04 bits per heavy atom. The minimum atomic E-state index is -0.569. The lowest BCUT2D eigenvalue weighted by Crippen LogP contribution is -2.47. The summed E-state index contributed by atoms with van der Waals surface area (Å²) in [6.07, 6.45) is 4.11. The number of rotatable bonds is 4. The number of piperidine rings is 1. The summed E-state index contributed by atoms with van der Waals surface area (Å²) in [5.74, 6) is 1.41. The molecule has 1 atom stereocenters. The lowest BCUT2D eigenvalue weighted by atomic mass is 9.77. The van der Waals surface area contributed by atoms with Crippen molar-refractivity contribution in [2.45, 2.75) is 32.7 Å². The molecular weight excluding hydrogens is 362 g/mol. The molecule has 0 aliphatic carbocycles. The molecule has 1 saturated heterocycles. The number of nitrogens with one attached hydrogen (secondary N) is 1. The minimum absolute atomic E-state index is 0.0580. The third-order valence-corrected chi connectivity index (χ3v) is 5.40. The van der Waals surface area contributed by atoms with Gasteiger partial charge in [-0.3, -0.25) is 19.1 Å². The number of amides is 1. The zero-order valence-corrected chi connectivity index (χ0v) is 15.8. The van der Waals surface area contributed by atoms with Crippen LogP contribution >= 0.6 is 0 Å². The number of hydrogen-bond donors (Lipinski definition) is 1. The number of hydrogen-bond acceptors (Lipinski definition) is 5. The Bertz CT molecular complexity index is 1010. The van der Waals surface area contributed by atoms with Gasteiger partial charge in [-0.1, -0.05) is 13.0 Å². The van der Waals surface area contributed by atoms with Crippen LogP contribution in [0.15, 0.2) is 40.1 Å². The van der Waals surface area contributed by atoms with E-state index in [-0.39, 0.29) is 24.7 Å². The van der Waals surface area contributed by atoms with Gasteiger partial charge in [0.25, 0.3) is 5.56 Å². The molecule has 0 saturated carbocycles. The summed E-state index contributed by atoms with van der Waals surface area (Å²) in [4.78, 5) is 39.7. The van der Waals surface area contributed by atoms with Gasteiger partial charge in [-0.25, -0.2) is 4.79 Å².